The Morgan fingerprint density at radius 1 is 1.05 bits per heavy atom. The Hall–Kier alpha value is -1.75. The number of hydrogen-bond donors (Lipinski definition) is 0. The smallest absolute Gasteiger partial charge is 0.176 e. The molecule has 1 saturated carbocycles. The first kappa shape index (κ1) is 15.2. The molecule has 0 N–H and O–H groups in total. The molecule has 5 nitrogen and oxygen atoms in total. The van der Waals surface area contributed by atoms with E-state index in [2.05, 4.69) is 66.6 Å². The summed E-state index contributed by atoms with van der Waals surface area (Å²) >= 11 is 0. The van der Waals surface area contributed by atoms with Crippen LogP contribution in [0.1, 0.15) is 49.1 Å². The van der Waals surface area contributed by atoms with Gasteiger partial charge in [-0.25, -0.2) is 0 Å². The number of nitrogens with zero attached hydrogens (tertiary/aromatic N) is 5. The highest BCUT2D eigenvalue weighted by molar-refractivity contribution is 5.47. The maximum absolute atomic E-state index is 4.45. The lowest BCUT2D eigenvalue weighted by Gasteiger charge is -2.41. The van der Waals surface area contributed by atoms with Crippen LogP contribution in [0.3, 0.4) is 0 Å². The third-order valence-electron chi connectivity index (χ3n) is 5.07. The van der Waals surface area contributed by atoms with E-state index in [1.165, 1.54) is 30.4 Å². The third-order valence-corrected chi connectivity index (χ3v) is 5.07. The van der Waals surface area contributed by atoms with E-state index in [0.29, 0.717) is 0 Å². The van der Waals surface area contributed by atoms with Gasteiger partial charge in [-0.2, -0.15) is 4.68 Å². The Balaban J connectivity index is 2.16. The molecule has 0 amide bonds. The van der Waals surface area contributed by atoms with E-state index in [1.807, 2.05) is 4.68 Å². The molecule has 1 heterocycles. The minimum Gasteiger partial charge on any atom is -0.297 e. The Labute approximate surface area is 132 Å². The summed E-state index contributed by atoms with van der Waals surface area (Å²) in [5.41, 5.74) is 3.47. The molecule has 1 aliphatic rings. The zero-order chi connectivity index (χ0) is 15.7. The molecule has 0 aliphatic heterocycles. The normalized spacial score (nSPS) is 17.9. The number of hydrogen-bond acceptors (Lipinski definition) is 4. The van der Waals surface area contributed by atoms with Gasteiger partial charge in [0.2, 0.25) is 0 Å². The zero-order valence-electron chi connectivity index (χ0n) is 14.0. The van der Waals surface area contributed by atoms with Crippen molar-refractivity contribution in [2.75, 3.05) is 14.1 Å². The number of aromatic nitrogens is 4. The van der Waals surface area contributed by atoms with Crippen molar-refractivity contribution in [3.05, 3.63) is 35.2 Å². The second-order valence-corrected chi connectivity index (χ2v) is 6.64. The molecule has 0 radical (unpaired) electrons. The molecule has 1 aromatic carbocycles. The van der Waals surface area contributed by atoms with Gasteiger partial charge in [0.1, 0.15) is 0 Å². The first-order chi connectivity index (χ1) is 10.6. The zero-order valence-corrected chi connectivity index (χ0v) is 14.0. The summed E-state index contributed by atoms with van der Waals surface area (Å²) in [6.45, 7) is 4.24. The van der Waals surface area contributed by atoms with Crippen LogP contribution >= 0.6 is 0 Å². The van der Waals surface area contributed by atoms with Gasteiger partial charge in [0, 0.05) is 0 Å². The molecule has 1 fully saturated rings. The minimum absolute atomic E-state index is 0.0591. The van der Waals surface area contributed by atoms with Crippen LogP contribution in [0.25, 0.3) is 5.69 Å². The summed E-state index contributed by atoms with van der Waals surface area (Å²) in [5.74, 6) is 0.981. The highest BCUT2D eigenvalue weighted by Gasteiger charge is 2.41. The number of benzene rings is 1. The van der Waals surface area contributed by atoms with Crippen LogP contribution in [-0.4, -0.2) is 39.2 Å². The molecule has 1 aromatic heterocycles. The molecule has 0 spiro atoms. The van der Waals surface area contributed by atoms with E-state index in [0.717, 1.165) is 24.4 Å². The quantitative estimate of drug-likeness (QED) is 0.874. The van der Waals surface area contributed by atoms with Crippen LogP contribution in [-0.2, 0) is 5.54 Å². The highest BCUT2D eigenvalue weighted by atomic mass is 15.6. The standard InChI is InChI=1S/C17H25N5/c1-13-9-8-10-14(2)15(13)22-16(18-19-20-22)17(21(3)4)11-6-5-7-12-17/h8-10H,5-7,11-12H2,1-4H3. The predicted octanol–water partition coefficient (Wildman–Crippen LogP) is 3.00. The van der Waals surface area contributed by atoms with Gasteiger partial charge in [-0.05, 0) is 62.3 Å². The monoisotopic (exact) mass is 299 g/mol. The van der Waals surface area contributed by atoms with Crippen molar-refractivity contribution in [1.82, 2.24) is 25.1 Å². The lowest BCUT2D eigenvalue weighted by Crippen LogP contribution is -2.45. The van der Waals surface area contributed by atoms with Gasteiger partial charge in [0.25, 0.3) is 0 Å². The van der Waals surface area contributed by atoms with E-state index in [4.69, 9.17) is 0 Å². The van der Waals surface area contributed by atoms with Gasteiger partial charge >= 0.3 is 0 Å². The van der Waals surface area contributed by atoms with E-state index >= 15 is 0 Å². The summed E-state index contributed by atoms with van der Waals surface area (Å²) in [5, 5.41) is 12.8. The van der Waals surface area contributed by atoms with Gasteiger partial charge in [0.05, 0.1) is 11.2 Å². The van der Waals surface area contributed by atoms with E-state index in [1.54, 1.807) is 0 Å². The van der Waals surface area contributed by atoms with Gasteiger partial charge in [-0.15, -0.1) is 5.10 Å². The lowest BCUT2D eigenvalue weighted by atomic mass is 9.80. The Kier molecular flexibility index (Phi) is 4.00. The topological polar surface area (TPSA) is 46.8 Å². The lowest BCUT2D eigenvalue weighted by molar-refractivity contribution is 0.0865. The maximum Gasteiger partial charge on any atom is 0.176 e. The summed E-state index contributed by atoms with van der Waals surface area (Å²) in [7, 11) is 4.30. The number of aryl methyl sites for hydroxylation is 2. The van der Waals surface area contributed by atoms with Gasteiger partial charge in [-0.1, -0.05) is 37.5 Å². The minimum atomic E-state index is -0.0591. The summed E-state index contributed by atoms with van der Waals surface area (Å²) < 4.78 is 1.97. The Bertz CT molecular complexity index is 633. The molecule has 5 heteroatoms. The first-order valence-electron chi connectivity index (χ1n) is 8.09. The largest absolute Gasteiger partial charge is 0.297 e. The fourth-order valence-corrected chi connectivity index (χ4v) is 3.78. The molecule has 22 heavy (non-hydrogen) atoms. The molecule has 0 unspecified atom stereocenters. The molecule has 0 saturated heterocycles. The predicted molar refractivity (Wildman–Crippen MR) is 87.1 cm³/mol. The van der Waals surface area contributed by atoms with Crippen LogP contribution in [0.5, 0.6) is 0 Å². The van der Waals surface area contributed by atoms with Gasteiger partial charge in [-0.3, -0.25) is 4.90 Å². The highest BCUT2D eigenvalue weighted by Crippen LogP contribution is 2.40. The maximum atomic E-state index is 4.45. The molecular formula is C17H25N5. The fraction of sp³-hybridized carbons (Fsp3) is 0.588. The van der Waals surface area contributed by atoms with Crippen molar-refractivity contribution < 1.29 is 0 Å². The summed E-state index contributed by atoms with van der Waals surface area (Å²) in [4.78, 5) is 2.31. The van der Waals surface area contributed by atoms with Gasteiger partial charge < -0.3 is 0 Å². The molecule has 0 bridgehead atoms. The summed E-state index contributed by atoms with van der Waals surface area (Å²) in [6, 6.07) is 6.33. The first-order valence-corrected chi connectivity index (χ1v) is 8.09. The Morgan fingerprint density at radius 2 is 1.68 bits per heavy atom. The van der Waals surface area contributed by atoms with E-state index < -0.39 is 0 Å². The van der Waals surface area contributed by atoms with Crippen molar-refractivity contribution in [3.8, 4) is 5.69 Å². The average molecular weight is 299 g/mol. The molecule has 0 atom stereocenters. The van der Waals surface area contributed by atoms with Crippen LogP contribution in [0.15, 0.2) is 18.2 Å². The molecular weight excluding hydrogens is 274 g/mol. The van der Waals surface area contributed by atoms with Gasteiger partial charge in [0.15, 0.2) is 5.82 Å². The SMILES string of the molecule is Cc1cccc(C)c1-n1nnnc1C1(N(C)C)CCCCC1. The average Bonchev–Trinajstić information content (AvgIpc) is 2.97. The Morgan fingerprint density at radius 3 is 2.27 bits per heavy atom. The molecule has 1 aliphatic carbocycles. The van der Waals surface area contributed by atoms with Crippen LogP contribution in [0.2, 0.25) is 0 Å². The van der Waals surface area contributed by atoms with E-state index in [-0.39, 0.29) is 5.54 Å². The van der Waals surface area contributed by atoms with Crippen molar-refractivity contribution in [3.63, 3.8) is 0 Å². The van der Waals surface area contributed by atoms with Crippen LogP contribution in [0.4, 0.5) is 0 Å². The fourth-order valence-electron chi connectivity index (χ4n) is 3.78. The molecule has 3 rings (SSSR count). The van der Waals surface area contributed by atoms with Crippen molar-refractivity contribution in [1.29, 1.82) is 0 Å². The van der Waals surface area contributed by atoms with Crippen molar-refractivity contribution in [2.45, 2.75) is 51.5 Å². The number of para-hydroxylation sites is 1. The second-order valence-electron chi connectivity index (χ2n) is 6.64. The summed E-state index contributed by atoms with van der Waals surface area (Å²) in [6.07, 6.45) is 6.01. The number of rotatable bonds is 3. The molecule has 2 aromatic rings. The number of tetrazole rings is 1. The van der Waals surface area contributed by atoms with Crippen LogP contribution < -0.4 is 0 Å². The third kappa shape index (κ3) is 2.33. The van der Waals surface area contributed by atoms with Crippen molar-refractivity contribution >= 4 is 0 Å². The van der Waals surface area contributed by atoms with Crippen molar-refractivity contribution in [2.24, 2.45) is 0 Å². The van der Waals surface area contributed by atoms with Crippen LogP contribution in [0, 0.1) is 13.8 Å². The molecule has 118 valence electrons. The second kappa shape index (κ2) is 5.80. The van der Waals surface area contributed by atoms with E-state index in [9.17, 15) is 0 Å².